The summed E-state index contributed by atoms with van der Waals surface area (Å²) in [5, 5.41) is 3.48. The van der Waals surface area contributed by atoms with Crippen LogP contribution in [-0.4, -0.2) is 10.9 Å². The maximum absolute atomic E-state index is 13.1. The Balaban J connectivity index is 1.81. The topological polar surface area (TPSA) is 42.0 Å². The van der Waals surface area contributed by atoms with Crippen LogP contribution in [0.4, 0.5) is 18.9 Å². The van der Waals surface area contributed by atoms with Crippen LogP contribution in [0.5, 0.6) is 0 Å². The average Bonchev–Trinajstić information content (AvgIpc) is 2.74. The van der Waals surface area contributed by atoms with Gasteiger partial charge in [-0.25, -0.2) is 4.98 Å². The van der Waals surface area contributed by atoms with Gasteiger partial charge in [0.15, 0.2) is 0 Å². The Bertz CT molecular complexity index is 1310. The standard InChI is InChI=1S/C23H13Cl2F3N2O/c24-17-7-3-1-6-15(17)20-12-16(14-5-2-4-8-19(14)29-20)22(31)30-21-11-13(23(26,27)28)9-10-18(21)25/h1-12H,(H,30,31). The summed E-state index contributed by atoms with van der Waals surface area (Å²) >= 11 is 12.3. The number of fused-ring (bicyclic) bond motifs is 1. The highest BCUT2D eigenvalue weighted by Crippen LogP contribution is 2.35. The van der Waals surface area contributed by atoms with Crippen LogP contribution in [0.25, 0.3) is 22.2 Å². The van der Waals surface area contributed by atoms with Gasteiger partial charge in [-0.3, -0.25) is 4.79 Å². The third kappa shape index (κ3) is 4.36. The number of nitrogens with zero attached hydrogens (tertiary/aromatic N) is 1. The number of rotatable bonds is 3. The second-order valence-corrected chi connectivity index (χ2v) is 7.51. The number of aromatic nitrogens is 1. The number of anilines is 1. The predicted octanol–water partition coefficient (Wildman–Crippen LogP) is 7.48. The van der Waals surface area contributed by atoms with Crippen LogP contribution in [0.2, 0.25) is 10.0 Å². The minimum Gasteiger partial charge on any atom is -0.321 e. The van der Waals surface area contributed by atoms with Gasteiger partial charge in [-0.1, -0.05) is 59.6 Å². The van der Waals surface area contributed by atoms with Crippen LogP contribution in [0, 0.1) is 0 Å². The molecule has 31 heavy (non-hydrogen) atoms. The van der Waals surface area contributed by atoms with Crippen LogP contribution >= 0.6 is 23.2 Å². The van der Waals surface area contributed by atoms with E-state index in [4.69, 9.17) is 23.2 Å². The Morgan fingerprint density at radius 2 is 1.58 bits per heavy atom. The lowest BCUT2D eigenvalue weighted by Crippen LogP contribution is -2.14. The summed E-state index contributed by atoms with van der Waals surface area (Å²) in [6.45, 7) is 0. The lowest BCUT2D eigenvalue weighted by molar-refractivity contribution is -0.137. The van der Waals surface area contributed by atoms with Gasteiger partial charge in [-0.05, 0) is 36.4 Å². The summed E-state index contributed by atoms with van der Waals surface area (Å²) in [7, 11) is 0. The SMILES string of the molecule is O=C(Nc1cc(C(F)(F)F)ccc1Cl)c1cc(-c2ccccc2Cl)nc2ccccc12. The number of carbonyl (C=O) groups excluding carboxylic acids is 1. The first-order valence-corrected chi connectivity index (χ1v) is 9.82. The molecule has 4 aromatic rings. The molecule has 0 saturated carbocycles. The van der Waals surface area contributed by atoms with E-state index in [9.17, 15) is 18.0 Å². The molecule has 0 spiro atoms. The number of hydrogen-bond acceptors (Lipinski definition) is 2. The van der Waals surface area contributed by atoms with Crippen LogP contribution in [0.15, 0.2) is 72.8 Å². The maximum atomic E-state index is 13.1. The molecule has 0 bridgehead atoms. The van der Waals surface area contributed by atoms with Crippen molar-refractivity contribution in [1.29, 1.82) is 0 Å². The minimum atomic E-state index is -4.56. The number of amides is 1. The van der Waals surface area contributed by atoms with Crippen molar-refractivity contribution in [3.05, 3.63) is 94.0 Å². The van der Waals surface area contributed by atoms with Gasteiger partial charge in [0.1, 0.15) is 0 Å². The van der Waals surface area contributed by atoms with E-state index in [2.05, 4.69) is 10.3 Å². The fraction of sp³-hybridized carbons (Fsp3) is 0.0435. The molecule has 0 aliphatic carbocycles. The lowest BCUT2D eigenvalue weighted by atomic mass is 10.0. The van der Waals surface area contributed by atoms with Crippen LogP contribution in [0.3, 0.4) is 0 Å². The van der Waals surface area contributed by atoms with Crippen molar-refractivity contribution in [2.75, 3.05) is 5.32 Å². The smallest absolute Gasteiger partial charge is 0.321 e. The van der Waals surface area contributed by atoms with Gasteiger partial charge in [0.2, 0.25) is 0 Å². The summed E-state index contributed by atoms with van der Waals surface area (Å²) in [5.74, 6) is -0.617. The molecule has 1 aromatic heterocycles. The van der Waals surface area contributed by atoms with E-state index >= 15 is 0 Å². The largest absolute Gasteiger partial charge is 0.416 e. The monoisotopic (exact) mass is 460 g/mol. The Morgan fingerprint density at radius 1 is 0.871 bits per heavy atom. The van der Waals surface area contributed by atoms with Crippen molar-refractivity contribution in [3.63, 3.8) is 0 Å². The second-order valence-electron chi connectivity index (χ2n) is 6.70. The molecule has 0 saturated heterocycles. The molecule has 1 amide bonds. The van der Waals surface area contributed by atoms with Gasteiger partial charge < -0.3 is 5.32 Å². The van der Waals surface area contributed by atoms with Crippen LogP contribution < -0.4 is 5.32 Å². The number of alkyl halides is 3. The molecule has 8 heteroatoms. The number of para-hydroxylation sites is 1. The van der Waals surface area contributed by atoms with Crippen molar-refractivity contribution in [1.82, 2.24) is 4.98 Å². The highest BCUT2D eigenvalue weighted by molar-refractivity contribution is 6.34. The Kier molecular flexibility index (Phi) is 5.60. The first-order valence-electron chi connectivity index (χ1n) is 9.07. The minimum absolute atomic E-state index is 0.00830. The summed E-state index contributed by atoms with van der Waals surface area (Å²) in [5.41, 5.74) is 0.810. The maximum Gasteiger partial charge on any atom is 0.416 e. The molecule has 0 fully saturated rings. The van der Waals surface area contributed by atoms with E-state index in [1.807, 2.05) is 0 Å². The van der Waals surface area contributed by atoms with Gasteiger partial charge in [-0.15, -0.1) is 0 Å². The summed E-state index contributed by atoms with van der Waals surface area (Å²) in [6.07, 6.45) is -4.56. The zero-order chi connectivity index (χ0) is 22.2. The molecule has 3 nitrogen and oxygen atoms in total. The van der Waals surface area contributed by atoms with E-state index in [0.29, 0.717) is 27.2 Å². The number of halogens is 5. The van der Waals surface area contributed by atoms with Gasteiger partial charge in [0, 0.05) is 16.0 Å². The highest BCUT2D eigenvalue weighted by atomic mass is 35.5. The number of benzene rings is 3. The molecule has 4 rings (SSSR count). The molecule has 3 aromatic carbocycles. The molecule has 0 aliphatic heterocycles. The van der Waals surface area contributed by atoms with Crippen molar-refractivity contribution in [2.24, 2.45) is 0 Å². The van der Waals surface area contributed by atoms with E-state index < -0.39 is 17.6 Å². The van der Waals surface area contributed by atoms with E-state index in [0.717, 1.165) is 18.2 Å². The van der Waals surface area contributed by atoms with Crippen molar-refractivity contribution in [3.8, 4) is 11.3 Å². The van der Waals surface area contributed by atoms with Crippen molar-refractivity contribution in [2.45, 2.75) is 6.18 Å². The summed E-state index contributed by atoms with van der Waals surface area (Å²) in [6, 6.07) is 18.3. The van der Waals surface area contributed by atoms with Gasteiger partial charge >= 0.3 is 6.18 Å². The second kappa shape index (κ2) is 8.21. The van der Waals surface area contributed by atoms with Crippen LogP contribution in [0.1, 0.15) is 15.9 Å². The molecule has 1 heterocycles. The normalized spacial score (nSPS) is 11.5. The molecular weight excluding hydrogens is 448 g/mol. The molecule has 0 unspecified atom stereocenters. The van der Waals surface area contributed by atoms with E-state index in [-0.39, 0.29) is 16.3 Å². The van der Waals surface area contributed by atoms with Crippen molar-refractivity contribution >= 4 is 45.7 Å². The number of carbonyl (C=O) groups is 1. The molecule has 0 atom stereocenters. The Hall–Kier alpha value is -3.09. The fourth-order valence-corrected chi connectivity index (χ4v) is 3.55. The van der Waals surface area contributed by atoms with E-state index in [1.165, 1.54) is 0 Å². The van der Waals surface area contributed by atoms with Gasteiger partial charge in [0.25, 0.3) is 5.91 Å². The highest BCUT2D eigenvalue weighted by Gasteiger charge is 2.31. The molecule has 156 valence electrons. The molecule has 0 aliphatic rings. The predicted molar refractivity (Wildman–Crippen MR) is 117 cm³/mol. The molecule has 1 N–H and O–H groups in total. The fourth-order valence-electron chi connectivity index (χ4n) is 3.16. The number of pyridine rings is 1. The third-order valence-electron chi connectivity index (χ3n) is 4.65. The first kappa shape index (κ1) is 21.2. The first-order chi connectivity index (χ1) is 14.7. The van der Waals surface area contributed by atoms with Gasteiger partial charge in [-0.2, -0.15) is 13.2 Å². The quantitative estimate of drug-likeness (QED) is 0.344. The zero-order valence-corrected chi connectivity index (χ0v) is 17.2. The van der Waals surface area contributed by atoms with E-state index in [1.54, 1.807) is 54.6 Å². The Labute approximate surface area is 185 Å². The third-order valence-corrected chi connectivity index (χ3v) is 5.31. The lowest BCUT2D eigenvalue weighted by Gasteiger charge is -2.14. The van der Waals surface area contributed by atoms with Gasteiger partial charge in [0.05, 0.1) is 33.0 Å². The molecule has 0 radical (unpaired) electrons. The zero-order valence-electron chi connectivity index (χ0n) is 15.7. The number of nitrogens with one attached hydrogen (secondary N) is 1. The average molecular weight is 461 g/mol. The summed E-state index contributed by atoms with van der Waals surface area (Å²) < 4.78 is 39.2. The summed E-state index contributed by atoms with van der Waals surface area (Å²) in [4.78, 5) is 17.7. The number of hydrogen-bond donors (Lipinski definition) is 1. The van der Waals surface area contributed by atoms with Crippen LogP contribution in [-0.2, 0) is 6.18 Å². The van der Waals surface area contributed by atoms with Crippen molar-refractivity contribution < 1.29 is 18.0 Å². The Morgan fingerprint density at radius 3 is 2.32 bits per heavy atom. The molecular formula is C23H13Cl2F3N2O.